The molecule has 0 amide bonds. The quantitative estimate of drug-likeness (QED) is 0.136. The topological polar surface area (TPSA) is 92.2 Å². The lowest BCUT2D eigenvalue weighted by Crippen LogP contribution is -2.68. The normalized spacial score (nSPS) is 12.0. The summed E-state index contributed by atoms with van der Waals surface area (Å²) in [5, 5.41) is 0. The summed E-state index contributed by atoms with van der Waals surface area (Å²) in [5.74, 6) is 0. The molecule has 6 heteroatoms. The van der Waals surface area contributed by atoms with E-state index in [1.165, 1.54) is 159 Å². The molecule has 0 aliphatic heterocycles. The summed E-state index contributed by atoms with van der Waals surface area (Å²) in [6.07, 6.45) is 28.8. The van der Waals surface area contributed by atoms with Gasteiger partial charge in [-0.2, -0.15) is 0 Å². The molecule has 0 aromatic heterocycles. The fraction of sp³-hybridized carbons (Fsp3) is 1.00. The molecule has 0 spiro atoms. The molecule has 0 fully saturated rings. The number of nitrogens with zero attached hydrogens (tertiary/aromatic N) is 1. The lowest BCUT2D eigenvalue weighted by atomic mass is 10.1. The van der Waals surface area contributed by atoms with Crippen molar-refractivity contribution >= 4 is 0 Å². The lowest BCUT2D eigenvalue weighted by molar-refractivity contribution is -2.00. The van der Waals surface area contributed by atoms with Crippen molar-refractivity contribution in [1.82, 2.24) is 0 Å². The third-order valence-corrected chi connectivity index (χ3v) is 6.94. The Bertz CT molecular complexity index is 324. The Kier molecular flexibility index (Phi) is 27.9. The summed E-state index contributed by atoms with van der Waals surface area (Å²) in [4.78, 5) is 0. The molecular weight excluding hydrogens is 450 g/mol. The summed E-state index contributed by atoms with van der Waals surface area (Å²) in [7, 11) is -4.94. The minimum atomic E-state index is -4.94. The number of hydrogen-bond donors (Lipinski definition) is 0. The van der Waals surface area contributed by atoms with Crippen LogP contribution < -0.4 is 18.6 Å². The van der Waals surface area contributed by atoms with E-state index in [0.717, 1.165) is 0 Å². The fourth-order valence-corrected chi connectivity index (χ4v) is 4.87. The highest BCUT2D eigenvalue weighted by molar-refractivity contribution is 4.54. The minimum Gasteiger partial charge on any atom is -0.324 e. The molecule has 0 heterocycles. The van der Waals surface area contributed by atoms with E-state index < -0.39 is 10.2 Å². The van der Waals surface area contributed by atoms with Crippen LogP contribution in [0.15, 0.2) is 0 Å². The SMILES string of the molecule is CCCCCCC[N+](CCCCCCC)(CCCCCCC)CCCCCCC.[O-][Cl+3]([O-])([O-])[O-]. The second-order valence-corrected chi connectivity index (χ2v) is 11.0. The zero-order valence-electron chi connectivity index (χ0n) is 23.4. The highest BCUT2D eigenvalue weighted by Crippen LogP contribution is 2.20. The van der Waals surface area contributed by atoms with Gasteiger partial charge in [-0.15, -0.1) is 10.2 Å². The van der Waals surface area contributed by atoms with Gasteiger partial charge in [-0.25, -0.2) is 18.6 Å². The van der Waals surface area contributed by atoms with Crippen molar-refractivity contribution in [2.75, 3.05) is 26.2 Å². The maximum atomic E-state index is 8.49. The van der Waals surface area contributed by atoms with E-state index in [-0.39, 0.29) is 0 Å². The Balaban J connectivity index is 0. The van der Waals surface area contributed by atoms with Gasteiger partial charge in [0.25, 0.3) is 0 Å². The van der Waals surface area contributed by atoms with Crippen molar-refractivity contribution in [2.24, 2.45) is 0 Å². The summed E-state index contributed by atoms with van der Waals surface area (Å²) in [6, 6.07) is 0. The van der Waals surface area contributed by atoms with Gasteiger partial charge in [0.05, 0.1) is 26.2 Å². The zero-order valence-corrected chi connectivity index (χ0v) is 24.2. The van der Waals surface area contributed by atoms with E-state index in [9.17, 15) is 0 Å². The molecule has 0 unspecified atom stereocenters. The highest BCUT2D eigenvalue weighted by atomic mass is 35.7. The second-order valence-electron chi connectivity index (χ2n) is 10.3. The van der Waals surface area contributed by atoms with Crippen LogP contribution in [0.3, 0.4) is 0 Å². The van der Waals surface area contributed by atoms with E-state index in [1.54, 1.807) is 0 Å². The molecule has 0 aliphatic carbocycles. The van der Waals surface area contributed by atoms with Crippen molar-refractivity contribution in [3.05, 3.63) is 0 Å². The molecule has 0 atom stereocenters. The third-order valence-electron chi connectivity index (χ3n) is 6.94. The van der Waals surface area contributed by atoms with Crippen LogP contribution in [-0.4, -0.2) is 30.7 Å². The average Bonchev–Trinajstić information content (AvgIpc) is 2.77. The number of quaternary nitrogens is 1. The Morgan fingerprint density at radius 2 is 0.529 bits per heavy atom. The van der Waals surface area contributed by atoms with Gasteiger partial charge in [-0.3, -0.25) is 0 Å². The van der Waals surface area contributed by atoms with Crippen LogP contribution in [0.25, 0.3) is 0 Å². The largest absolute Gasteiger partial charge is 0.324 e. The van der Waals surface area contributed by atoms with Gasteiger partial charge in [0.2, 0.25) is 0 Å². The van der Waals surface area contributed by atoms with Crippen molar-refractivity contribution in [3.63, 3.8) is 0 Å². The van der Waals surface area contributed by atoms with Crippen molar-refractivity contribution < 1.29 is 33.4 Å². The predicted molar refractivity (Wildman–Crippen MR) is 135 cm³/mol. The van der Waals surface area contributed by atoms with Gasteiger partial charge in [0, 0.05) is 0 Å². The van der Waals surface area contributed by atoms with Crippen LogP contribution in [0.5, 0.6) is 0 Å². The van der Waals surface area contributed by atoms with Gasteiger partial charge in [-0.1, -0.05) is 105 Å². The summed E-state index contributed by atoms with van der Waals surface area (Å²) in [5.41, 5.74) is 0. The molecule has 5 nitrogen and oxygen atoms in total. The van der Waals surface area contributed by atoms with Crippen LogP contribution in [-0.2, 0) is 0 Å². The van der Waals surface area contributed by atoms with Crippen molar-refractivity contribution in [2.45, 2.75) is 156 Å². The number of halogens is 1. The molecular formula is C28H60ClNO4. The molecule has 0 radical (unpaired) electrons. The molecule has 0 aromatic rings. The van der Waals surface area contributed by atoms with Gasteiger partial charge in [0.1, 0.15) is 0 Å². The summed E-state index contributed by atoms with van der Waals surface area (Å²) < 4.78 is 35.4. The van der Waals surface area contributed by atoms with Crippen LogP contribution in [0, 0.1) is 10.2 Å². The molecule has 34 heavy (non-hydrogen) atoms. The van der Waals surface area contributed by atoms with E-state index in [4.69, 9.17) is 18.6 Å². The van der Waals surface area contributed by atoms with Crippen LogP contribution in [0.1, 0.15) is 156 Å². The molecule has 0 saturated carbocycles. The summed E-state index contributed by atoms with van der Waals surface area (Å²) in [6.45, 7) is 15.2. The first-order valence-corrected chi connectivity index (χ1v) is 15.9. The Labute approximate surface area is 215 Å². The van der Waals surface area contributed by atoms with E-state index in [0.29, 0.717) is 0 Å². The maximum absolute atomic E-state index is 8.49. The number of hydrogen-bond acceptors (Lipinski definition) is 4. The minimum absolute atomic E-state index is 1.37. The predicted octanol–water partition coefficient (Wildman–Crippen LogP) is 4.93. The molecule has 0 saturated heterocycles. The smallest absolute Gasteiger partial charge is 0.0786 e. The second kappa shape index (κ2) is 26.2. The van der Waals surface area contributed by atoms with Gasteiger partial charge >= 0.3 is 0 Å². The Morgan fingerprint density at radius 3 is 0.706 bits per heavy atom. The molecule has 0 rings (SSSR count). The van der Waals surface area contributed by atoms with Gasteiger partial charge in [-0.05, 0) is 51.4 Å². The molecule has 0 aromatic carbocycles. The lowest BCUT2D eigenvalue weighted by Gasteiger charge is -2.39. The highest BCUT2D eigenvalue weighted by Gasteiger charge is 2.25. The molecule has 208 valence electrons. The van der Waals surface area contributed by atoms with Gasteiger partial charge in [0.15, 0.2) is 0 Å². The fourth-order valence-electron chi connectivity index (χ4n) is 4.87. The molecule has 0 aliphatic rings. The standard InChI is InChI=1S/C28H60N.ClHO4/c1-5-9-13-17-21-25-29(26-22-18-14-10-6-2,27-23-19-15-11-7-3)28-24-20-16-12-8-4;2-1(3,4)5/h5-28H2,1-4H3;(H,2,3,4,5)/q+1;/p-1. The first-order chi connectivity index (χ1) is 16.2. The van der Waals surface area contributed by atoms with Gasteiger partial charge < -0.3 is 4.48 Å². The number of rotatable bonds is 24. The van der Waals surface area contributed by atoms with Crippen molar-refractivity contribution in [1.29, 1.82) is 0 Å². The number of unbranched alkanes of at least 4 members (excludes halogenated alkanes) is 16. The first kappa shape index (κ1) is 36.2. The molecule has 0 N–H and O–H groups in total. The first-order valence-electron chi connectivity index (χ1n) is 14.7. The third kappa shape index (κ3) is 30.1. The zero-order chi connectivity index (χ0) is 26.0. The van der Waals surface area contributed by atoms with Crippen LogP contribution in [0.2, 0.25) is 0 Å². The summed E-state index contributed by atoms with van der Waals surface area (Å²) >= 11 is 0. The average molecular weight is 510 g/mol. The van der Waals surface area contributed by atoms with Crippen LogP contribution in [0.4, 0.5) is 0 Å². The van der Waals surface area contributed by atoms with Crippen LogP contribution >= 0.6 is 0 Å². The van der Waals surface area contributed by atoms with E-state index in [1.807, 2.05) is 0 Å². The molecule has 0 bridgehead atoms. The van der Waals surface area contributed by atoms with Crippen molar-refractivity contribution in [3.8, 4) is 0 Å². The monoisotopic (exact) mass is 509 g/mol. The Morgan fingerprint density at radius 1 is 0.353 bits per heavy atom. The maximum Gasteiger partial charge on any atom is 0.0786 e. The van der Waals surface area contributed by atoms with E-state index >= 15 is 0 Å². The van der Waals surface area contributed by atoms with E-state index in [2.05, 4.69) is 27.7 Å². The Hall–Kier alpha value is 0.0900.